The van der Waals surface area contributed by atoms with Gasteiger partial charge >= 0.3 is 5.97 Å². The molecule has 2 heterocycles. The van der Waals surface area contributed by atoms with Gasteiger partial charge in [-0.1, -0.05) is 60.7 Å². The molecule has 0 bridgehead atoms. The highest BCUT2D eigenvalue weighted by atomic mass is 16.5. The lowest BCUT2D eigenvalue weighted by atomic mass is 9.98. The van der Waals surface area contributed by atoms with Crippen LogP contribution in [0.25, 0.3) is 45.1 Å². The van der Waals surface area contributed by atoms with Crippen LogP contribution in [0.4, 0.5) is 0 Å². The summed E-state index contributed by atoms with van der Waals surface area (Å²) in [6.45, 7) is -0.224. The Balaban J connectivity index is 1.31. The smallest absolute Gasteiger partial charge is 0.325 e. The van der Waals surface area contributed by atoms with Crippen LogP contribution in [0.1, 0.15) is 16.9 Å². The van der Waals surface area contributed by atoms with E-state index in [-0.39, 0.29) is 6.54 Å². The number of para-hydroxylation sites is 1. The molecule has 0 amide bonds. The molecule has 0 fully saturated rings. The fourth-order valence-corrected chi connectivity index (χ4v) is 4.78. The van der Waals surface area contributed by atoms with Crippen LogP contribution in [0.5, 0.6) is 5.75 Å². The van der Waals surface area contributed by atoms with Gasteiger partial charge in [-0.2, -0.15) is 5.10 Å². The number of carbonyl (C=O) groups is 1. The molecule has 0 aliphatic heterocycles. The highest BCUT2D eigenvalue weighted by Crippen LogP contribution is 2.34. The first kappa shape index (κ1) is 22.6. The average Bonchev–Trinajstić information content (AvgIpc) is 3.42. The molecule has 37 heavy (non-hydrogen) atoms. The van der Waals surface area contributed by atoms with Crippen LogP contribution in [-0.2, 0) is 17.8 Å². The normalized spacial score (nSPS) is 12.7. The average molecular weight is 489 g/mol. The van der Waals surface area contributed by atoms with Gasteiger partial charge in [0, 0.05) is 22.9 Å². The first-order chi connectivity index (χ1) is 18.1. The van der Waals surface area contributed by atoms with Crippen LogP contribution < -0.4 is 4.74 Å². The fourth-order valence-electron chi connectivity index (χ4n) is 4.78. The molecule has 1 aliphatic carbocycles. The van der Waals surface area contributed by atoms with Gasteiger partial charge in [-0.3, -0.25) is 9.48 Å². The number of rotatable bonds is 6. The van der Waals surface area contributed by atoms with Crippen LogP contribution in [0, 0.1) is 0 Å². The van der Waals surface area contributed by atoms with Gasteiger partial charge < -0.3 is 14.3 Å². The van der Waals surface area contributed by atoms with E-state index in [9.17, 15) is 9.90 Å². The molecule has 5 aromatic rings. The SMILES string of the molecule is COc1ccc(-c2cc(-c3ccc(C4=CC=Cc5c(oc6ccccc56)C4)cc3)n(CC(=O)O)n2)cc1. The van der Waals surface area contributed by atoms with E-state index in [4.69, 9.17) is 9.15 Å². The molecule has 0 saturated heterocycles. The Labute approximate surface area is 213 Å². The fraction of sp³-hybridized carbons (Fsp3) is 0.0968. The van der Waals surface area contributed by atoms with Crippen molar-refractivity contribution in [2.24, 2.45) is 0 Å². The Morgan fingerprint density at radius 2 is 1.73 bits per heavy atom. The standard InChI is InChI=1S/C31H24N2O4/c1-36-24-15-13-21(14-16-24)27-18-28(33(32-27)19-31(34)35)22-11-9-20(10-12-22)23-5-4-7-26-25-6-2-3-8-29(25)37-30(26)17-23/h2-16,18H,17,19H2,1H3,(H,34,35). The first-order valence-electron chi connectivity index (χ1n) is 12.0. The van der Waals surface area contributed by atoms with E-state index >= 15 is 0 Å². The number of fused-ring (bicyclic) bond motifs is 3. The number of hydrogen-bond donors (Lipinski definition) is 1. The van der Waals surface area contributed by atoms with Gasteiger partial charge in [0.2, 0.25) is 0 Å². The van der Waals surface area contributed by atoms with E-state index in [1.807, 2.05) is 60.7 Å². The summed E-state index contributed by atoms with van der Waals surface area (Å²) in [7, 11) is 1.62. The number of hydrogen-bond acceptors (Lipinski definition) is 4. The number of aromatic nitrogens is 2. The second-order valence-corrected chi connectivity index (χ2v) is 8.93. The third-order valence-corrected chi connectivity index (χ3v) is 6.62. The lowest BCUT2D eigenvalue weighted by Gasteiger charge is -2.09. The molecule has 0 unspecified atom stereocenters. The Hall–Kier alpha value is -4.84. The zero-order chi connectivity index (χ0) is 25.4. The Bertz CT molecular complexity index is 1670. The Morgan fingerprint density at radius 1 is 1.00 bits per heavy atom. The summed E-state index contributed by atoms with van der Waals surface area (Å²) in [6, 6.07) is 25.7. The van der Waals surface area contributed by atoms with E-state index in [0.29, 0.717) is 12.1 Å². The molecule has 0 saturated carbocycles. The number of carboxylic acids is 1. The van der Waals surface area contributed by atoms with Gasteiger partial charge in [-0.25, -0.2) is 0 Å². The van der Waals surface area contributed by atoms with Gasteiger partial charge in [-0.15, -0.1) is 0 Å². The third kappa shape index (κ3) is 4.34. The van der Waals surface area contributed by atoms with E-state index in [1.54, 1.807) is 7.11 Å². The maximum Gasteiger partial charge on any atom is 0.325 e. The number of benzene rings is 3. The van der Waals surface area contributed by atoms with Crippen molar-refractivity contribution < 1.29 is 19.1 Å². The summed E-state index contributed by atoms with van der Waals surface area (Å²) in [5.74, 6) is 0.759. The van der Waals surface area contributed by atoms with Crippen LogP contribution in [0.2, 0.25) is 0 Å². The number of nitrogens with zero attached hydrogens (tertiary/aromatic N) is 2. The summed E-state index contributed by atoms with van der Waals surface area (Å²) in [5.41, 5.74) is 7.49. The van der Waals surface area contributed by atoms with Crippen molar-refractivity contribution in [3.8, 4) is 28.3 Å². The molecule has 6 heteroatoms. The van der Waals surface area contributed by atoms with E-state index in [1.165, 1.54) is 4.68 Å². The van der Waals surface area contributed by atoms with Crippen molar-refractivity contribution in [3.05, 3.63) is 108 Å². The summed E-state index contributed by atoms with van der Waals surface area (Å²) in [5, 5.41) is 15.2. The number of allylic oxidation sites excluding steroid dienone is 3. The molecule has 0 atom stereocenters. The molecule has 0 spiro atoms. The maximum atomic E-state index is 11.5. The van der Waals surface area contributed by atoms with E-state index in [2.05, 4.69) is 41.5 Å². The molecule has 6 nitrogen and oxygen atoms in total. The Kier molecular flexibility index (Phi) is 5.69. The molecule has 2 aromatic heterocycles. The maximum absolute atomic E-state index is 11.5. The summed E-state index contributed by atoms with van der Waals surface area (Å²) in [6.07, 6.45) is 6.98. The number of carboxylic acid groups (broad SMARTS) is 1. The zero-order valence-corrected chi connectivity index (χ0v) is 20.2. The monoisotopic (exact) mass is 488 g/mol. The van der Waals surface area contributed by atoms with Gasteiger partial charge in [0.05, 0.1) is 18.5 Å². The van der Waals surface area contributed by atoms with Gasteiger partial charge in [0.15, 0.2) is 0 Å². The highest BCUT2D eigenvalue weighted by molar-refractivity contribution is 5.91. The molecular formula is C31H24N2O4. The van der Waals surface area contributed by atoms with Gasteiger partial charge in [0.1, 0.15) is 23.6 Å². The quantitative estimate of drug-likeness (QED) is 0.287. The van der Waals surface area contributed by atoms with Crippen molar-refractivity contribution in [3.63, 3.8) is 0 Å². The molecule has 1 N–H and O–H groups in total. The largest absolute Gasteiger partial charge is 0.497 e. The van der Waals surface area contributed by atoms with Crippen LogP contribution in [0.15, 0.2) is 95.4 Å². The minimum atomic E-state index is -0.945. The summed E-state index contributed by atoms with van der Waals surface area (Å²) in [4.78, 5) is 11.5. The number of furan rings is 1. The predicted octanol–water partition coefficient (Wildman–Crippen LogP) is 6.71. The molecular weight excluding hydrogens is 464 g/mol. The topological polar surface area (TPSA) is 77.5 Å². The zero-order valence-electron chi connectivity index (χ0n) is 20.2. The highest BCUT2D eigenvalue weighted by Gasteiger charge is 2.17. The number of aliphatic carboxylic acids is 1. The lowest BCUT2D eigenvalue weighted by Crippen LogP contribution is -2.11. The first-order valence-corrected chi connectivity index (χ1v) is 12.0. The van der Waals surface area contributed by atoms with Crippen molar-refractivity contribution in [1.82, 2.24) is 9.78 Å². The Morgan fingerprint density at radius 3 is 2.49 bits per heavy atom. The number of ether oxygens (including phenoxy) is 1. The van der Waals surface area contributed by atoms with Crippen molar-refractivity contribution in [2.75, 3.05) is 7.11 Å². The van der Waals surface area contributed by atoms with Crippen LogP contribution in [0.3, 0.4) is 0 Å². The molecule has 6 rings (SSSR count). The second-order valence-electron chi connectivity index (χ2n) is 8.93. The van der Waals surface area contributed by atoms with Crippen molar-refractivity contribution in [2.45, 2.75) is 13.0 Å². The van der Waals surface area contributed by atoms with Crippen molar-refractivity contribution in [1.29, 1.82) is 0 Å². The second kappa shape index (κ2) is 9.32. The molecule has 0 radical (unpaired) electrons. The van der Waals surface area contributed by atoms with E-state index < -0.39 is 5.97 Å². The van der Waals surface area contributed by atoms with Crippen LogP contribution in [-0.4, -0.2) is 28.0 Å². The van der Waals surface area contributed by atoms with Crippen molar-refractivity contribution >= 4 is 28.6 Å². The van der Waals surface area contributed by atoms with Gasteiger partial charge in [0.25, 0.3) is 0 Å². The summed E-state index contributed by atoms with van der Waals surface area (Å²) >= 11 is 0. The number of methoxy groups -OCH3 is 1. The predicted molar refractivity (Wildman–Crippen MR) is 144 cm³/mol. The minimum Gasteiger partial charge on any atom is -0.497 e. The summed E-state index contributed by atoms with van der Waals surface area (Å²) < 4.78 is 12.9. The minimum absolute atomic E-state index is 0.224. The van der Waals surface area contributed by atoms with Gasteiger partial charge in [-0.05, 0) is 53.1 Å². The third-order valence-electron chi connectivity index (χ3n) is 6.62. The lowest BCUT2D eigenvalue weighted by molar-refractivity contribution is -0.137. The molecule has 3 aromatic carbocycles. The molecule has 182 valence electrons. The van der Waals surface area contributed by atoms with Crippen LogP contribution >= 0.6 is 0 Å². The van der Waals surface area contributed by atoms with E-state index in [0.717, 1.165) is 56.0 Å². The molecule has 1 aliphatic rings.